The Kier molecular flexibility index (Phi) is 3.76. The molecule has 0 aliphatic heterocycles. The predicted molar refractivity (Wildman–Crippen MR) is 70.1 cm³/mol. The minimum absolute atomic E-state index is 0.132. The molecule has 0 N–H and O–H groups in total. The van der Waals surface area contributed by atoms with Crippen LogP contribution in [0.25, 0.3) is 0 Å². The molecule has 19 heavy (non-hydrogen) atoms. The molecule has 0 saturated heterocycles. The maximum atomic E-state index is 12.2. The first kappa shape index (κ1) is 13.4. The van der Waals surface area contributed by atoms with Gasteiger partial charge in [-0.25, -0.2) is 9.97 Å². The average molecular weight is 275 g/mol. The van der Waals surface area contributed by atoms with Gasteiger partial charge in [-0.1, -0.05) is 13.8 Å². The zero-order valence-corrected chi connectivity index (χ0v) is 11.7. The number of thiazole rings is 1. The minimum Gasteiger partial charge on any atom is -0.440 e. The van der Waals surface area contributed by atoms with Gasteiger partial charge >= 0.3 is 0 Å². The molecule has 6 heteroatoms. The van der Waals surface area contributed by atoms with Crippen molar-refractivity contribution in [2.75, 3.05) is 0 Å². The Morgan fingerprint density at radius 2 is 2.26 bits per heavy atom. The van der Waals surface area contributed by atoms with Gasteiger partial charge in [0.25, 0.3) is 0 Å². The first-order chi connectivity index (χ1) is 9.04. The Labute approximate surface area is 114 Å². The van der Waals surface area contributed by atoms with Crippen LogP contribution in [-0.2, 0) is 0 Å². The topological polar surface area (TPSA) is 79.8 Å². The molecular weight excluding hydrogens is 262 g/mol. The number of nitrogens with zero attached hydrogens (tertiary/aromatic N) is 3. The molecule has 0 saturated carbocycles. The maximum Gasteiger partial charge on any atom is 0.224 e. The summed E-state index contributed by atoms with van der Waals surface area (Å²) in [6.07, 6.45) is 1.21. The van der Waals surface area contributed by atoms with Crippen LogP contribution in [0.1, 0.15) is 52.6 Å². The van der Waals surface area contributed by atoms with Crippen molar-refractivity contribution in [3.05, 3.63) is 33.9 Å². The fourth-order valence-corrected chi connectivity index (χ4v) is 2.61. The molecule has 0 bridgehead atoms. The lowest BCUT2D eigenvalue weighted by molar-refractivity contribution is 0.0951. The van der Waals surface area contributed by atoms with Crippen molar-refractivity contribution < 1.29 is 9.21 Å². The summed E-state index contributed by atoms with van der Waals surface area (Å²) in [5.74, 6) is -0.911. The summed E-state index contributed by atoms with van der Waals surface area (Å²) in [5, 5.41) is 11.6. The summed E-state index contributed by atoms with van der Waals surface area (Å²) in [4.78, 5) is 20.5. The second kappa shape index (κ2) is 5.33. The van der Waals surface area contributed by atoms with Gasteiger partial charge in [0.2, 0.25) is 5.78 Å². The van der Waals surface area contributed by atoms with E-state index in [9.17, 15) is 10.1 Å². The summed E-state index contributed by atoms with van der Waals surface area (Å²) in [6.45, 7) is 5.71. The van der Waals surface area contributed by atoms with Crippen molar-refractivity contribution >= 4 is 17.1 Å². The van der Waals surface area contributed by atoms with Gasteiger partial charge in [-0.15, -0.1) is 11.3 Å². The van der Waals surface area contributed by atoms with E-state index >= 15 is 0 Å². The molecule has 0 unspecified atom stereocenters. The number of hydrogen-bond donors (Lipinski definition) is 0. The lowest BCUT2D eigenvalue weighted by atomic mass is 10.0. The second-order valence-corrected chi connectivity index (χ2v) is 5.35. The zero-order valence-electron chi connectivity index (χ0n) is 10.9. The van der Waals surface area contributed by atoms with Crippen LogP contribution in [0.4, 0.5) is 0 Å². The third kappa shape index (κ3) is 2.56. The average Bonchev–Trinajstić information content (AvgIpc) is 2.99. The number of rotatable bonds is 4. The van der Waals surface area contributed by atoms with Gasteiger partial charge in [0.05, 0.1) is 17.5 Å². The number of carbonyl (C=O) groups excluding carboxylic acids is 1. The summed E-state index contributed by atoms with van der Waals surface area (Å²) < 4.78 is 5.05. The Morgan fingerprint density at radius 3 is 2.74 bits per heavy atom. The van der Waals surface area contributed by atoms with Crippen LogP contribution >= 0.6 is 11.3 Å². The minimum atomic E-state index is -0.927. The van der Waals surface area contributed by atoms with Crippen LogP contribution in [0.15, 0.2) is 16.2 Å². The highest BCUT2D eigenvalue weighted by Gasteiger charge is 2.29. The first-order valence-electron chi connectivity index (χ1n) is 5.83. The fourth-order valence-electron chi connectivity index (χ4n) is 1.59. The Hall–Kier alpha value is -2.00. The molecule has 98 valence electrons. The first-order valence-corrected chi connectivity index (χ1v) is 6.71. The SMILES string of the molecule is Cc1ncoc1C(=O)[C@H](C#N)c1nc(C(C)C)cs1. The monoisotopic (exact) mass is 275 g/mol. The van der Waals surface area contributed by atoms with E-state index in [1.54, 1.807) is 6.92 Å². The third-order valence-corrected chi connectivity index (χ3v) is 3.67. The van der Waals surface area contributed by atoms with Crippen molar-refractivity contribution in [3.63, 3.8) is 0 Å². The van der Waals surface area contributed by atoms with Gasteiger partial charge < -0.3 is 4.42 Å². The number of oxazole rings is 1. The predicted octanol–water partition coefficient (Wildman–Crippen LogP) is 3.05. The van der Waals surface area contributed by atoms with Crippen molar-refractivity contribution in [2.24, 2.45) is 0 Å². The standard InChI is InChI=1S/C13H13N3O2S/c1-7(2)10-5-19-13(16-10)9(4-14)11(17)12-8(3)15-6-18-12/h5-7,9H,1-3H3/t9-/m0/s1. The van der Waals surface area contributed by atoms with Crippen molar-refractivity contribution in [1.29, 1.82) is 5.26 Å². The Balaban J connectivity index is 2.32. The molecule has 0 aromatic carbocycles. The number of aryl methyl sites for hydroxylation is 1. The number of hydrogen-bond acceptors (Lipinski definition) is 6. The lowest BCUT2D eigenvalue weighted by Crippen LogP contribution is -2.11. The van der Waals surface area contributed by atoms with Crippen LogP contribution in [-0.4, -0.2) is 15.8 Å². The van der Waals surface area contributed by atoms with Crippen molar-refractivity contribution in [2.45, 2.75) is 32.6 Å². The van der Waals surface area contributed by atoms with E-state index in [1.165, 1.54) is 17.7 Å². The summed E-state index contributed by atoms with van der Waals surface area (Å²) >= 11 is 1.33. The Bertz CT molecular complexity index is 636. The Morgan fingerprint density at radius 1 is 1.53 bits per heavy atom. The normalized spacial score (nSPS) is 12.4. The van der Waals surface area contributed by atoms with Gasteiger partial charge in [0.1, 0.15) is 5.01 Å². The van der Waals surface area contributed by atoms with E-state index < -0.39 is 5.92 Å². The van der Waals surface area contributed by atoms with E-state index in [1.807, 2.05) is 25.3 Å². The van der Waals surface area contributed by atoms with Crippen LogP contribution in [0, 0.1) is 18.3 Å². The molecular formula is C13H13N3O2S. The fraction of sp³-hybridized carbons (Fsp3) is 0.385. The molecule has 0 radical (unpaired) electrons. The number of carbonyl (C=O) groups is 1. The van der Waals surface area contributed by atoms with Gasteiger partial charge in [0, 0.05) is 5.38 Å². The molecule has 0 fully saturated rings. The molecule has 0 amide bonds. The highest BCUT2D eigenvalue weighted by Crippen LogP contribution is 2.27. The molecule has 5 nitrogen and oxygen atoms in total. The zero-order chi connectivity index (χ0) is 14.0. The summed E-state index contributed by atoms with van der Waals surface area (Å²) in [6, 6.07) is 2.00. The van der Waals surface area contributed by atoms with Crippen molar-refractivity contribution in [3.8, 4) is 6.07 Å². The van der Waals surface area contributed by atoms with Gasteiger partial charge in [0.15, 0.2) is 18.1 Å². The third-order valence-electron chi connectivity index (χ3n) is 2.74. The highest BCUT2D eigenvalue weighted by molar-refractivity contribution is 7.10. The number of ketones is 1. The molecule has 0 aliphatic rings. The molecule has 1 atom stereocenters. The van der Waals surface area contributed by atoms with Crippen LogP contribution in [0.2, 0.25) is 0 Å². The number of Topliss-reactive ketones (excluding diaryl/α,β-unsaturated/α-hetero) is 1. The number of nitriles is 1. The van der Waals surface area contributed by atoms with Crippen molar-refractivity contribution in [1.82, 2.24) is 9.97 Å². The second-order valence-electron chi connectivity index (χ2n) is 4.46. The molecule has 0 spiro atoms. The van der Waals surface area contributed by atoms with Crippen LogP contribution in [0.3, 0.4) is 0 Å². The van der Waals surface area contributed by atoms with E-state index in [-0.39, 0.29) is 17.5 Å². The van der Waals surface area contributed by atoms with E-state index in [4.69, 9.17) is 4.42 Å². The maximum absolute atomic E-state index is 12.2. The highest BCUT2D eigenvalue weighted by atomic mass is 32.1. The number of aromatic nitrogens is 2. The lowest BCUT2D eigenvalue weighted by Gasteiger charge is -2.03. The smallest absolute Gasteiger partial charge is 0.224 e. The van der Waals surface area contributed by atoms with Gasteiger partial charge in [-0.05, 0) is 12.8 Å². The van der Waals surface area contributed by atoms with Crippen LogP contribution in [0.5, 0.6) is 0 Å². The molecule has 2 heterocycles. The molecule has 2 aromatic heterocycles. The summed E-state index contributed by atoms with van der Waals surface area (Å²) in [5.41, 5.74) is 1.38. The summed E-state index contributed by atoms with van der Waals surface area (Å²) in [7, 11) is 0. The molecule has 0 aliphatic carbocycles. The quantitative estimate of drug-likeness (QED) is 0.801. The largest absolute Gasteiger partial charge is 0.440 e. The van der Waals surface area contributed by atoms with E-state index in [0.29, 0.717) is 10.7 Å². The van der Waals surface area contributed by atoms with E-state index in [2.05, 4.69) is 9.97 Å². The van der Waals surface area contributed by atoms with Crippen LogP contribution < -0.4 is 0 Å². The van der Waals surface area contributed by atoms with Gasteiger partial charge in [-0.2, -0.15) is 5.26 Å². The molecule has 2 aromatic rings. The van der Waals surface area contributed by atoms with E-state index in [0.717, 1.165) is 5.69 Å². The molecule has 2 rings (SSSR count). The van der Waals surface area contributed by atoms with Gasteiger partial charge in [-0.3, -0.25) is 4.79 Å².